The molecule has 1 aromatic rings. The fourth-order valence-electron chi connectivity index (χ4n) is 1.83. The lowest BCUT2D eigenvalue weighted by atomic mass is 10.2. The molecular formula is C15H23ClN2O2S. The Bertz CT molecular complexity index is 480. The topological polar surface area (TPSA) is 64.3 Å². The van der Waals surface area contributed by atoms with E-state index in [-0.39, 0.29) is 18.3 Å². The maximum absolute atomic E-state index is 11.7. The summed E-state index contributed by atoms with van der Waals surface area (Å²) in [6.07, 6.45) is 1.62. The number of amides is 1. The number of methoxy groups -OCH3 is 1. The highest BCUT2D eigenvalue weighted by Gasteiger charge is 2.45. The first-order valence-corrected chi connectivity index (χ1v) is 7.87. The minimum atomic E-state index is -0.574. The molecule has 1 unspecified atom stereocenters. The second-order valence-electron chi connectivity index (χ2n) is 5.43. The summed E-state index contributed by atoms with van der Waals surface area (Å²) < 4.78 is 5.32. The minimum Gasteiger partial charge on any atom is -0.496 e. The number of rotatable bonds is 7. The third-order valence-electron chi connectivity index (χ3n) is 3.44. The van der Waals surface area contributed by atoms with Gasteiger partial charge in [0.05, 0.1) is 12.6 Å². The summed E-state index contributed by atoms with van der Waals surface area (Å²) in [7, 11) is 1.68. The molecule has 6 heteroatoms. The predicted octanol–water partition coefficient (Wildman–Crippen LogP) is 2.45. The van der Waals surface area contributed by atoms with E-state index in [2.05, 4.69) is 12.2 Å². The second-order valence-corrected chi connectivity index (χ2v) is 6.50. The van der Waals surface area contributed by atoms with E-state index in [0.717, 1.165) is 29.2 Å². The molecule has 1 amide bonds. The predicted molar refractivity (Wildman–Crippen MR) is 89.3 cm³/mol. The molecule has 118 valence electrons. The number of carbonyl (C=O) groups excluding carboxylic acids is 1. The Hall–Kier alpha value is -0.910. The maximum Gasteiger partial charge on any atom is 0.240 e. The Balaban J connectivity index is 0.00000220. The molecule has 2 rings (SSSR count). The van der Waals surface area contributed by atoms with Crippen LogP contribution in [0.1, 0.15) is 19.8 Å². The standard InChI is InChI=1S/C15H22N2O2S.ClH/c1-11(9-17-14(18)15(16)7-8-15)10-20-13-6-4-3-5-12(13)19-2;/h3-6,11H,7-10,16H2,1-2H3,(H,17,18);1H. The fourth-order valence-corrected chi connectivity index (χ4v) is 2.88. The zero-order chi connectivity index (χ0) is 14.6. The van der Waals surface area contributed by atoms with Gasteiger partial charge in [0.15, 0.2) is 0 Å². The lowest BCUT2D eigenvalue weighted by molar-refractivity contribution is -0.123. The number of carbonyl (C=O) groups is 1. The fraction of sp³-hybridized carbons (Fsp3) is 0.533. The number of nitrogens with one attached hydrogen (secondary N) is 1. The first-order chi connectivity index (χ1) is 9.55. The molecule has 0 radical (unpaired) electrons. The van der Waals surface area contributed by atoms with E-state index >= 15 is 0 Å². The highest BCUT2D eigenvalue weighted by atomic mass is 35.5. The molecule has 0 bridgehead atoms. The van der Waals surface area contributed by atoms with Crippen molar-refractivity contribution < 1.29 is 9.53 Å². The quantitative estimate of drug-likeness (QED) is 0.754. The van der Waals surface area contributed by atoms with Gasteiger partial charge in [-0.2, -0.15) is 0 Å². The number of ether oxygens (including phenoxy) is 1. The van der Waals surface area contributed by atoms with Crippen LogP contribution in [0.25, 0.3) is 0 Å². The van der Waals surface area contributed by atoms with Crippen LogP contribution in [0.5, 0.6) is 5.75 Å². The van der Waals surface area contributed by atoms with Crippen LogP contribution in [-0.2, 0) is 4.79 Å². The van der Waals surface area contributed by atoms with Gasteiger partial charge in [0, 0.05) is 17.2 Å². The molecule has 21 heavy (non-hydrogen) atoms. The van der Waals surface area contributed by atoms with E-state index in [9.17, 15) is 4.79 Å². The molecule has 3 N–H and O–H groups in total. The number of thioether (sulfide) groups is 1. The molecule has 1 aromatic carbocycles. The molecule has 0 heterocycles. The molecule has 1 atom stereocenters. The van der Waals surface area contributed by atoms with Gasteiger partial charge in [-0.25, -0.2) is 0 Å². The van der Waals surface area contributed by atoms with Crippen molar-refractivity contribution in [3.63, 3.8) is 0 Å². The van der Waals surface area contributed by atoms with Crippen LogP contribution in [0, 0.1) is 5.92 Å². The second kappa shape index (κ2) is 7.92. The Kier molecular flexibility index (Phi) is 6.84. The van der Waals surface area contributed by atoms with Crippen molar-refractivity contribution in [2.24, 2.45) is 11.7 Å². The van der Waals surface area contributed by atoms with Gasteiger partial charge in [-0.3, -0.25) is 4.79 Å². The van der Waals surface area contributed by atoms with Crippen molar-refractivity contribution in [2.45, 2.75) is 30.2 Å². The van der Waals surface area contributed by atoms with Crippen LogP contribution in [0.2, 0.25) is 0 Å². The van der Waals surface area contributed by atoms with Crippen LogP contribution < -0.4 is 15.8 Å². The van der Waals surface area contributed by atoms with Crippen LogP contribution in [-0.4, -0.2) is 30.9 Å². The normalized spacial score (nSPS) is 16.5. The van der Waals surface area contributed by atoms with Gasteiger partial charge in [-0.1, -0.05) is 19.1 Å². The van der Waals surface area contributed by atoms with Gasteiger partial charge >= 0.3 is 0 Å². The molecular weight excluding hydrogens is 308 g/mol. The Morgan fingerprint density at radius 1 is 1.48 bits per heavy atom. The number of benzene rings is 1. The van der Waals surface area contributed by atoms with Crippen molar-refractivity contribution in [3.05, 3.63) is 24.3 Å². The Morgan fingerprint density at radius 3 is 2.76 bits per heavy atom. The minimum absolute atomic E-state index is 0. The molecule has 4 nitrogen and oxygen atoms in total. The van der Waals surface area contributed by atoms with Crippen molar-refractivity contribution in [3.8, 4) is 5.75 Å². The summed E-state index contributed by atoms with van der Waals surface area (Å²) in [5.41, 5.74) is 5.27. The van der Waals surface area contributed by atoms with Gasteiger partial charge in [0.2, 0.25) is 5.91 Å². The Morgan fingerprint density at radius 2 is 2.14 bits per heavy atom. The van der Waals surface area contributed by atoms with Crippen LogP contribution in [0.3, 0.4) is 0 Å². The van der Waals surface area contributed by atoms with Crippen LogP contribution >= 0.6 is 24.2 Å². The molecule has 1 fully saturated rings. The molecule has 1 saturated carbocycles. The molecule has 1 aliphatic rings. The van der Waals surface area contributed by atoms with E-state index in [4.69, 9.17) is 10.5 Å². The number of nitrogens with two attached hydrogens (primary N) is 1. The SMILES string of the molecule is COc1ccccc1SCC(C)CNC(=O)C1(N)CC1.Cl. The van der Waals surface area contributed by atoms with E-state index in [1.54, 1.807) is 18.9 Å². The van der Waals surface area contributed by atoms with Gasteiger partial charge < -0.3 is 15.8 Å². The molecule has 0 aromatic heterocycles. The van der Waals surface area contributed by atoms with Crippen molar-refractivity contribution >= 4 is 30.1 Å². The monoisotopic (exact) mass is 330 g/mol. The third kappa shape index (κ3) is 5.09. The van der Waals surface area contributed by atoms with E-state index in [0.29, 0.717) is 12.5 Å². The largest absolute Gasteiger partial charge is 0.496 e. The summed E-state index contributed by atoms with van der Waals surface area (Å²) in [5.74, 6) is 2.20. The van der Waals surface area contributed by atoms with Crippen LogP contribution in [0.15, 0.2) is 29.2 Å². The summed E-state index contributed by atoms with van der Waals surface area (Å²) in [6.45, 7) is 2.79. The number of hydrogen-bond acceptors (Lipinski definition) is 4. The van der Waals surface area contributed by atoms with Crippen molar-refractivity contribution in [2.75, 3.05) is 19.4 Å². The molecule has 0 saturated heterocycles. The molecule has 1 aliphatic carbocycles. The zero-order valence-electron chi connectivity index (χ0n) is 12.4. The van der Waals surface area contributed by atoms with Gasteiger partial charge in [-0.05, 0) is 30.9 Å². The summed E-state index contributed by atoms with van der Waals surface area (Å²) in [6, 6.07) is 7.97. The van der Waals surface area contributed by atoms with Crippen LogP contribution in [0.4, 0.5) is 0 Å². The first kappa shape index (κ1) is 18.1. The summed E-state index contributed by atoms with van der Waals surface area (Å²) in [4.78, 5) is 12.9. The summed E-state index contributed by atoms with van der Waals surface area (Å²) >= 11 is 1.75. The zero-order valence-corrected chi connectivity index (χ0v) is 14.1. The number of para-hydroxylation sites is 1. The first-order valence-electron chi connectivity index (χ1n) is 6.88. The number of halogens is 1. The van der Waals surface area contributed by atoms with Gasteiger partial charge in [0.25, 0.3) is 0 Å². The number of hydrogen-bond donors (Lipinski definition) is 2. The average molecular weight is 331 g/mol. The van der Waals surface area contributed by atoms with E-state index in [1.165, 1.54) is 0 Å². The smallest absolute Gasteiger partial charge is 0.240 e. The summed E-state index contributed by atoms with van der Waals surface area (Å²) in [5, 5.41) is 2.94. The molecule has 0 spiro atoms. The van der Waals surface area contributed by atoms with Gasteiger partial charge in [0.1, 0.15) is 5.75 Å². The van der Waals surface area contributed by atoms with Crippen molar-refractivity contribution in [1.82, 2.24) is 5.32 Å². The Labute approximate surface area is 136 Å². The average Bonchev–Trinajstić information content (AvgIpc) is 3.22. The van der Waals surface area contributed by atoms with E-state index < -0.39 is 5.54 Å². The lowest BCUT2D eigenvalue weighted by Crippen LogP contribution is -2.44. The maximum atomic E-state index is 11.7. The van der Waals surface area contributed by atoms with Crippen molar-refractivity contribution in [1.29, 1.82) is 0 Å². The highest BCUT2D eigenvalue weighted by Crippen LogP contribution is 2.32. The molecule has 0 aliphatic heterocycles. The lowest BCUT2D eigenvalue weighted by Gasteiger charge is -2.15. The van der Waals surface area contributed by atoms with E-state index in [1.807, 2.05) is 24.3 Å². The third-order valence-corrected chi connectivity index (χ3v) is 4.83. The van der Waals surface area contributed by atoms with Gasteiger partial charge in [-0.15, -0.1) is 24.2 Å². The highest BCUT2D eigenvalue weighted by molar-refractivity contribution is 7.99.